The number of hydrogen-bond donors (Lipinski definition) is 2. The molecular weight excluding hydrogens is 403 g/mol. The third-order valence-corrected chi connectivity index (χ3v) is 5.49. The standard InChI is InChI=1S/C13H15BrF3NO4S/c14-8-1-6-12(11(7-8)22-13(15,16)17)23(20,21)18-9-2-4-10(19)5-3-9/h1,6-7,9-10,18-19H,2-5H2/t9-,10-. The van der Waals surface area contributed by atoms with Crippen LogP contribution in [-0.2, 0) is 10.0 Å². The van der Waals surface area contributed by atoms with Gasteiger partial charge in [0.2, 0.25) is 10.0 Å². The first-order valence-corrected chi connectivity index (χ1v) is 9.10. The Morgan fingerprint density at radius 3 is 2.39 bits per heavy atom. The van der Waals surface area contributed by atoms with Crippen LogP contribution in [0.3, 0.4) is 0 Å². The molecule has 0 amide bonds. The van der Waals surface area contributed by atoms with Crippen molar-refractivity contribution in [2.45, 2.75) is 49.1 Å². The molecule has 2 N–H and O–H groups in total. The van der Waals surface area contributed by atoms with Crippen LogP contribution in [0.2, 0.25) is 0 Å². The van der Waals surface area contributed by atoms with Gasteiger partial charge in [-0.3, -0.25) is 0 Å². The zero-order valence-corrected chi connectivity index (χ0v) is 14.2. The summed E-state index contributed by atoms with van der Waals surface area (Å²) in [5, 5.41) is 9.42. The fourth-order valence-electron chi connectivity index (χ4n) is 2.38. The number of ether oxygens (including phenoxy) is 1. The lowest BCUT2D eigenvalue weighted by atomic mass is 9.94. The molecule has 2 rings (SSSR count). The van der Waals surface area contributed by atoms with Crippen LogP contribution in [0.5, 0.6) is 5.75 Å². The SMILES string of the molecule is O=S(=O)(N[C@H]1CC[C@H](O)CC1)c1ccc(Br)cc1OC(F)(F)F. The van der Waals surface area contributed by atoms with E-state index >= 15 is 0 Å². The van der Waals surface area contributed by atoms with E-state index in [2.05, 4.69) is 25.4 Å². The van der Waals surface area contributed by atoms with E-state index in [1.807, 2.05) is 0 Å². The Labute approximate surface area is 140 Å². The van der Waals surface area contributed by atoms with Gasteiger partial charge in [-0.1, -0.05) is 15.9 Å². The lowest BCUT2D eigenvalue weighted by Crippen LogP contribution is -2.38. The molecule has 0 unspecified atom stereocenters. The van der Waals surface area contributed by atoms with Gasteiger partial charge in [0.1, 0.15) is 4.90 Å². The predicted octanol–water partition coefficient (Wildman–Crippen LogP) is 2.93. The Balaban J connectivity index is 2.25. The van der Waals surface area contributed by atoms with Crippen molar-refractivity contribution in [2.75, 3.05) is 0 Å². The number of nitrogens with one attached hydrogen (secondary N) is 1. The maximum atomic E-state index is 12.5. The van der Waals surface area contributed by atoms with E-state index in [1.165, 1.54) is 6.07 Å². The fourth-order valence-corrected chi connectivity index (χ4v) is 4.14. The van der Waals surface area contributed by atoms with Gasteiger partial charge in [-0.2, -0.15) is 0 Å². The molecular formula is C13H15BrF3NO4S. The second kappa shape index (κ2) is 6.96. The molecule has 10 heteroatoms. The number of sulfonamides is 1. The summed E-state index contributed by atoms with van der Waals surface area (Å²) in [4.78, 5) is -0.579. The van der Waals surface area contributed by atoms with Gasteiger partial charge < -0.3 is 9.84 Å². The number of aliphatic hydroxyl groups is 1. The van der Waals surface area contributed by atoms with E-state index in [-0.39, 0.29) is 4.47 Å². The minimum absolute atomic E-state index is 0.261. The van der Waals surface area contributed by atoms with Gasteiger partial charge in [-0.25, -0.2) is 13.1 Å². The molecule has 0 aliphatic heterocycles. The lowest BCUT2D eigenvalue weighted by Gasteiger charge is -2.26. The van der Waals surface area contributed by atoms with Crippen molar-refractivity contribution in [1.29, 1.82) is 0 Å². The third kappa shape index (κ3) is 5.33. The summed E-state index contributed by atoms with van der Waals surface area (Å²) in [6.45, 7) is 0. The number of aliphatic hydroxyl groups excluding tert-OH is 1. The molecule has 1 aromatic carbocycles. The van der Waals surface area contributed by atoms with Crippen LogP contribution in [0.1, 0.15) is 25.7 Å². The molecule has 0 heterocycles. The van der Waals surface area contributed by atoms with Crippen molar-refractivity contribution >= 4 is 26.0 Å². The molecule has 1 saturated carbocycles. The smallest absolute Gasteiger partial charge is 0.404 e. The summed E-state index contributed by atoms with van der Waals surface area (Å²) < 4.78 is 68.6. The Kier molecular flexibility index (Phi) is 5.59. The third-order valence-electron chi connectivity index (χ3n) is 3.44. The molecule has 0 aromatic heterocycles. The van der Waals surface area contributed by atoms with Crippen molar-refractivity contribution in [3.8, 4) is 5.75 Å². The van der Waals surface area contributed by atoms with Gasteiger partial charge in [-0.05, 0) is 43.9 Å². The topological polar surface area (TPSA) is 75.6 Å². The van der Waals surface area contributed by atoms with E-state index in [1.54, 1.807) is 0 Å². The van der Waals surface area contributed by atoms with Crippen molar-refractivity contribution in [1.82, 2.24) is 4.72 Å². The molecule has 0 saturated heterocycles. The zero-order valence-electron chi connectivity index (χ0n) is 11.8. The van der Waals surface area contributed by atoms with E-state index in [0.717, 1.165) is 12.1 Å². The first-order chi connectivity index (χ1) is 10.6. The molecule has 0 spiro atoms. The van der Waals surface area contributed by atoms with Gasteiger partial charge in [0, 0.05) is 10.5 Å². The first-order valence-electron chi connectivity index (χ1n) is 6.82. The van der Waals surface area contributed by atoms with Crippen molar-refractivity contribution in [3.63, 3.8) is 0 Å². The second-order valence-electron chi connectivity index (χ2n) is 5.27. The molecule has 5 nitrogen and oxygen atoms in total. The number of hydrogen-bond acceptors (Lipinski definition) is 4. The van der Waals surface area contributed by atoms with Crippen LogP contribution >= 0.6 is 15.9 Å². The molecule has 1 aromatic rings. The Hall–Kier alpha value is -0.840. The summed E-state index contributed by atoms with van der Waals surface area (Å²) in [7, 11) is -4.17. The predicted molar refractivity (Wildman–Crippen MR) is 79.4 cm³/mol. The monoisotopic (exact) mass is 417 g/mol. The van der Waals surface area contributed by atoms with Gasteiger partial charge in [0.15, 0.2) is 5.75 Å². The van der Waals surface area contributed by atoms with E-state index in [9.17, 15) is 26.7 Å². The number of halogens is 4. The van der Waals surface area contributed by atoms with E-state index in [0.29, 0.717) is 25.7 Å². The zero-order chi connectivity index (χ0) is 17.3. The van der Waals surface area contributed by atoms with Gasteiger partial charge in [-0.15, -0.1) is 13.2 Å². The van der Waals surface area contributed by atoms with Crippen LogP contribution in [0.15, 0.2) is 27.6 Å². The number of rotatable bonds is 4. The van der Waals surface area contributed by atoms with Crippen molar-refractivity contribution in [3.05, 3.63) is 22.7 Å². The van der Waals surface area contributed by atoms with Crippen molar-refractivity contribution < 1.29 is 31.4 Å². The summed E-state index contributed by atoms with van der Waals surface area (Å²) in [5.41, 5.74) is 0. The normalized spacial score (nSPS) is 22.8. The Bertz CT molecular complexity index is 658. The molecule has 0 radical (unpaired) electrons. The summed E-state index contributed by atoms with van der Waals surface area (Å²) in [5.74, 6) is -0.796. The van der Waals surface area contributed by atoms with Crippen LogP contribution in [-0.4, -0.2) is 32.0 Å². The van der Waals surface area contributed by atoms with Crippen LogP contribution in [0, 0.1) is 0 Å². The van der Waals surface area contributed by atoms with Gasteiger partial charge in [0.05, 0.1) is 6.10 Å². The Morgan fingerprint density at radius 2 is 1.83 bits per heavy atom. The maximum absolute atomic E-state index is 12.5. The molecule has 0 bridgehead atoms. The second-order valence-corrected chi connectivity index (χ2v) is 7.86. The minimum Gasteiger partial charge on any atom is -0.404 e. The largest absolute Gasteiger partial charge is 0.573 e. The molecule has 1 aliphatic carbocycles. The highest BCUT2D eigenvalue weighted by Gasteiger charge is 2.35. The molecule has 1 aliphatic rings. The minimum atomic E-state index is -5.00. The summed E-state index contributed by atoms with van der Waals surface area (Å²) in [6.07, 6.45) is -3.73. The first kappa shape index (κ1) is 18.5. The van der Waals surface area contributed by atoms with E-state index < -0.39 is 39.2 Å². The fraction of sp³-hybridized carbons (Fsp3) is 0.538. The van der Waals surface area contributed by atoms with E-state index in [4.69, 9.17) is 0 Å². The summed E-state index contributed by atoms with van der Waals surface area (Å²) in [6, 6.07) is 2.89. The lowest BCUT2D eigenvalue weighted by molar-refractivity contribution is -0.275. The highest BCUT2D eigenvalue weighted by atomic mass is 79.9. The Morgan fingerprint density at radius 1 is 1.22 bits per heavy atom. The van der Waals surface area contributed by atoms with Crippen LogP contribution in [0.4, 0.5) is 13.2 Å². The number of benzene rings is 1. The van der Waals surface area contributed by atoms with Crippen molar-refractivity contribution in [2.24, 2.45) is 0 Å². The number of alkyl halides is 3. The highest BCUT2D eigenvalue weighted by molar-refractivity contribution is 9.10. The molecule has 0 atom stereocenters. The average molecular weight is 418 g/mol. The summed E-state index contributed by atoms with van der Waals surface area (Å²) >= 11 is 2.99. The maximum Gasteiger partial charge on any atom is 0.573 e. The van der Waals surface area contributed by atoms with Crippen LogP contribution in [0.25, 0.3) is 0 Å². The molecule has 130 valence electrons. The highest BCUT2D eigenvalue weighted by Crippen LogP contribution is 2.33. The quantitative estimate of drug-likeness (QED) is 0.789. The molecule has 1 fully saturated rings. The van der Waals surface area contributed by atoms with Crippen LogP contribution < -0.4 is 9.46 Å². The molecule has 23 heavy (non-hydrogen) atoms. The van der Waals surface area contributed by atoms with Gasteiger partial charge in [0.25, 0.3) is 0 Å². The average Bonchev–Trinajstić information content (AvgIpc) is 2.39. The van der Waals surface area contributed by atoms with Gasteiger partial charge >= 0.3 is 6.36 Å².